The third-order valence-corrected chi connectivity index (χ3v) is 2.55. The standard InChI is InChI=1S/C14H17N3O2/c1-11(18)12-5-7-13(8-6-12)17-14(19)16-10-4-2-3-9-15/h5-8H,2-4,10H2,1H3,(H2,16,17,19). The number of nitriles is 1. The highest BCUT2D eigenvalue weighted by atomic mass is 16.2. The van der Waals surface area contributed by atoms with E-state index in [1.54, 1.807) is 24.3 Å². The lowest BCUT2D eigenvalue weighted by atomic mass is 10.1. The molecule has 0 radical (unpaired) electrons. The van der Waals surface area contributed by atoms with E-state index in [2.05, 4.69) is 16.7 Å². The lowest BCUT2D eigenvalue weighted by Crippen LogP contribution is -2.29. The number of hydrogen-bond donors (Lipinski definition) is 2. The summed E-state index contributed by atoms with van der Waals surface area (Å²) in [6.45, 7) is 2.04. The van der Waals surface area contributed by atoms with E-state index < -0.39 is 0 Å². The summed E-state index contributed by atoms with van der Waals surface area (Å²) in [4.78, 5) is 22.6. The van der Waals surface area contributed by atoms with Crippen molar-refractivity contribution in [1.82, 2.24) is 5.32 Å². The molecule has 5 nitrogen and oxygen atoms in total. The van der Waals surface area contributed by atoms with Crippen LogP contribution in [0.1, 0.15) is 36.5 Å². The van der Waals surface area contributed by atoms with Gasteiger partial charge in [-0.05, 0) is 44.0 Å². The molecule has 1 rings (SSSR count). The summed E-state index contributed by atoms with van der Waals surface area (Å²) < 4.78 is 0. The molecule has 0 unspecified atom stereocenters. The van der Waals surface area contributed by atoms with Crippen molar-refractivity contribution in [3.05, 3.63) is 29.8 Å². The molecule has 2 amide bonds. The van der Waals surface area contributed by atoms with Crippen LogP contribution in [0.3, 0.4) is 0 Å². The van der Waals surface area contributed by atoms with E-state index >= 15 is 0 Å². The van der Waals surface area contributed by atoms with Crippen LogP contribution in [0.25, 0.3) is 0 Å². The predicted octanol–water partition coefficient (Wildman–Crippen LogP) is 2.70. The molecule has 0 aliphatic rings. The first-order valence-corrected chi connectivity index (χ1v) is 6.16. The van der Waals surface area contributed by atoms with Crippen LogP contribution >= 0.6 is 0 Å². The summed E-state index contributed by atoms with van der Waals surface area (Å²) in [5.41, 5.74) is 1.25. The first kappa shape index (κ1) is 14.7. The number of amides is 2. The predicted molar refractivity (Wildman–Crippen MR) is 72.9 cm³/mol. The molecule has 0 aliphatic heterocycles. The van der Waals surface area contributed by atoms with Crippen LogP contribution in [0.2, 0.25) is 0 Å². The quantitative estimate of drug-likeness (QED) is 0.608. The van der Waals surface area contributed by atoms with Gasteiger partial charge in [0, 0.05) is 24.2 Å². The minimum absolute atomic E-state index is 0.00602. The molecule has 0 heterocycles. The van der Waals surface area contributed by atoms with E-state index in [9.17, 15) is 9.59 Å². The van der Waals surface area contributed by atoms with Gasteiger partial charge < -0.3 is 10.6 Å². The Balaban J connectivity index is 2.32. The van der Waals surface area contributed by atoms with Crippen LogP contribution in [0.5, 0.6) is 0 Å². The number of carbonyl (C=O) groups excluding carboxylic acids is 2. The Morgan fingerprint density at radius 2 is 1.89 bits per heavy atom. The number of ketones is 1. The Morgan fingerprint density at radius 3 is 2.47 bits per heavy atom. The molecule has 0 aromatic heterocycles. The van der Waals surface area contributed by atoms with Gasteiger partial charge in [0.2, 0.25) is 0 Å². The van der Waals surface area contributed by atoms with E-state index in [1.807, 2.05) is 0 Å². The normalized spacial score (nSPS) is 9.47. The van der Waals surface area contributed by atoms with E-state index in [0.717, 1.165) is 12.8 Å². The molecule has 0 atom stereocenters. The van der Waals surface area contributed by atoms with Gasteiger partial charge in [0.25, 0.3) is 0 Å². The SMILES string of the molecule is CC(=O)c1ccc(NC(=O)NCCCCC#N)cc1. The molecular formula is C14H17N3O2. The van der Waals surface area contributed by atoms with E-state index in [-0.39, 0.29) is 11.8 Å². The number of nitrogens with zero attached hydrogens (tertiary/aromatic N) is 1. The smallest absolute Gasteiger partial charge is 0.319 e. The Morgan fingerprint density at radius 1 is 1.21 bits per heavy atom. The Hall–Kier alpha value is -2.35. The van der Waals surface area contributed by atoms with Gasteiger partial charge >= 0.3 is 6.03 Å². The van der Waals surface area contributed by atoms with Crippen molar-refractivity contribution in [2.45, 2.75) is 26.2 Å². The minimum Gasteiger partial charge on any atom is -0.338 e. The van der Waals surface area contributed by atoms with Gasteiger partial charge in [0.15, 0.2) is 5.78 Å². The van der Waals surface area contributed by atoms with Crippen molar-refractivity contribution in [2.24, 2.45) is 0 Å². The third kappa shape index (κ3) is 5.68. The van der Waals surface area contributed by atoms with Crippen molar-refractivity contribution in [3.8, 4) is 6.07 Å². The molecule has 100 valence electrons. The summed E-state index contributed by atoms with van der Waals surface area (Å²) in [5, 5.41) is 13.7. The van der Waals surface area contributed by atoms with Crippen molar-refractivity contribution in [2.75, 3.05) is 11.9 Å². The number of hydrogen-bond acceptors (Lipinski definition) is 3. The summed E-state index contributed by atoms with van der Waals surface area (Å²) in [6.07, 6.45) is 2.07. The molecule has 1 aromatic carbocycles. The lowest BCUT2D eigenvalue weighted by molar-refractivity contribution is 0.101. The van der Waals surface area contributed by atoms with Crippen molar-refractivity contribution >= 4 is 17.5 Å². The Kier molecular flexibility index (Phi) is 6.10. The number of urea groups is 1. The molecule has 2 N–H and O–H groups in total. The molecule has 0 fully saturated rings. The van der Waals surface area contributed by atoms with Crippen molar-refractivity contribution < 1.29 is 9.59 Å². The zero-order chi connectivity index (χ0) is 14.1. The average molecular weight is 259 g/mol. The first-order valence-electron chi connectivity index (χ1n) is 6.16. The van der Waals surface area contributed by atoms with Gasteiger partial charge in [-0.2, -0.15) is 5.26 Å². The van der Waals surface area contributed by atoms with Crippen LogP contribution < -0.4 is 10.6 Å². The third-order valence-electron chi connectivity index (χ3n) is 2.55. The summed E-state index contributed by atoms with van der Waals surface area (Å²) >= 11 is 0. The van der Waals surface area contributed by atoms with Crippen LogP contribution in [-0.2, 0) is 0 Å². The lowest BCUT2D eigenvalue weighted by Gasteiger charge is -2.07. The molecule has 0 saturated carbocycles. The molecule has 19 heavy (non-hydrogen) atoms. The first-order chi connectivity index (χ1) is 9.13. The van der Waals surface area contributed by atoms with Crippen molar-refractivity contribution in [1.29, 1.82) is 5.26 Å². The maximum atomic E-state index is 11.5. The van der Waals surface area contributed by atoms with Crippen LogP contribution in [0.15, 0.2) is 24.3 Å². The molecule has 5 heteroatoms. The number of carbonyl (C=O) groups is 2. The number of nitrogens with one attached hydrogen (secondary N) is 2. The fourth-order valence-corrected chi connectivity index (χ4v) is 1.49. The molecule has 0 saturated heterocycles. The molecule has 0 spiro atoms. The zero-order valence-corrected chi connectivity index (χ0v) is 10.9. The molecule has 1 aromatic rings. The van der Waals surface area contributed by atoms with Gasteiger partial charge in [0.05, 0.1) is 6.07 Å². The maximum Gasteiger partial charge on any atom is 0.319 e. The van der Waals surface area contributed by atoms with Gasteiger partial charge in [-0.25, -0.2) is 4.79 Å². The van der Waals surface area contributed by atoms with Crippen molar-refractivity contribution in [3.63, 3.8) is 0 Å². The van der Waals surface area contributed by atoms with Crippen LogP contribution in [-0.4, -0.2) is 18.4 Å². The zero-order valence-electron chi connectivity index (χ0n) is 10.9. The van der Waals surface area contributed by atoms with Crippen LogP contribution in [0, 0.1) is 11.3 Å². The second-order valence-electron chi connectivity index (χ2n) is 4.13. The van der Waals surface area contributed by atoms with Crippen LogP contribution in [0.4, 0.5) is 10.5 Å². The second kappa shape index (κ2) is 7.88. The number of anilines is 1. The topological polar surface area (TPSA) is 82.0 Å². The summed E-state index contributed by atoms with van der Waals surface area (Å²) in [5.74, 6) is -0.00602. The Bertz CT molecular complexity index is 474. The number of unbranched alkanes of at least 4 members (excludes halogenated alkanes) is 2. The fraction of sp³-hybridized carbons (Fsp3) is 0.357. The average Bonchev–Trinajstić information content (AvgIpc) is 2.39. The van der Waals surface area contributed by atoms with E-state index in [4.69, 9.17) is 5.26 Å². The molecule has 0 aliphatic carbocycles. The molecule has 0 bridgehead atoms. The van der Waals surface area contributed by atoms with E-state index in [1.165, 1.54) is 6.92 Å². The highest BCUT2D eigenvalue weighted by molar-refractivity contribution is 5.95. The number of Topliss-reactive ketones (excluding diaryl/α,β-unsaturated/α-hetero) is 1. The monoisotopic (exact) mass is 259 g/mol. The molecular weight excluding hydrogens is 242 g/mol. The highest BCUT2D eigenvalue weighted by Crippen LogP contribution is 2.09. The second-order valence-corrected chi connectivity index (χ2v) is 4.13. The largest absolute Gasteiger partial charge is 0.338 e. The van der Waals surface area contributed by atoms with Gasteiger partial charge in [-0.3, -0.25) is 4.79 Å². The Labute approximate surface area is 112 Å². The summed E-state index contributed by atoms with van der Waals surface area (Å²) in [6, 6.07) is 8.49. The van der Waals surface area contributed by atoms with Gasteiger partial charge in [-0.1, -0.05) is 0 Å². The number of benzene rings is 1. The fourth-order valence-electron chi connectivity index (χ4n) is 1.49. The van der Waals surface area contributed by atoms with Gasteiger partial charge in [-0.15, -0.1) is 0 Å². The summed E-state index contributed by atoms with van der Waals surface area (Å²) in [7, 11) is 0. The number of rotatable bonds is 6. The van der Waals surface area contributed by atoms with E-state index in [0.29, 0.717) is 24.2 Å². The minimum atomic E-state index is -0.285. The maximum absolute atomic E-state index is 11.5. The highest BCUT2D eigenvalue weighted by Gasteiger charge is 2.02. The van der Waals surface area contributed by atoms with Gasteiger partial charge in [0.1, 0.15) is 0 Å².